The minimum absolute atomic E-state index is 0.00588. The van der Waals surface area contributed by atoms with E-state index in [1.165, 1.54) is 0 Å². The van der Waals surface area contributed by atoms with Gasteiger partial charge in [-0.15, -0.1) is 0 Å². The van der Waals surface area contributed by atoms with Crippen LogP contribution in [0.25, 0.3) is 0 Å². The first-order chi connectivity index (χ1) is 8.08. The average molecular weight is 242 g/mol. The highest BCUT2D eigenvalue weighted by Crippen LogP contribution is 2.25. The predicted molar refractivity (Wildman–Crippen MR) is 62.8 cm³/mol. The number of ether oxygens (including phenoxy) is 1. The zero-order valence-electron chi connectivity index (χ0n) is 9.67. The number of nitrogens with one attached hydrogen (secondary N) is 1. The van der Waals surface area contributed by atoms with E-state index in [9.17, 15) is 8.78 Å². The number of nitrogens with two attached hydrogens (primary N) is 1. The van der Waals surface area contributed by atoms with E-state index < -0.39 is 11.6 Å². The third-order valence-electron chi connectivity index (χ3n) is 2.96. The van der Waals surface area contributed by atoms with Crippen molar-refractivity contribution in [1.82, 2.24) is 0 Å². The fraction of sp³-hybridized carbons (Fsp3) is 0.500. The molecule has 0 bridgehead atoms. The summed E-state index contributed by atoms with van der Waals surface area (Å²) >= 11 is 0. The van der Waals surface area contributed by atoms with Crippen LogP contribution in [0, 0.1) is 11.6 Å². The topological polar surface area (TPSA) is 47.3 Å². The SMILES string of the molecule is CC(Nc1c(F)cc(N)cc1F)C1CCCO1. The molecular formula is C12H16F2N2O. The molecule has 3 N–H and O–H groups in total. The number of hydrogen-bond donors (Lipinski definition) is 2. The summed E-state index contributed by atoms with van der Waals surface area (Å²) in [6.45, 7) is 2.56. The van der Waals surface area contributed by atoms with Crippen LogP contribution in [-0.2, 0) is 4.74 Å². The molecule has 94 valence electrons. The molecule has 2 atom stereocenters. The van der Waals surface area contributed by atoms with Gasteiger partial charge in [-0.1, -0.05) is 0 Å². The summed E-state index contributed by atoms with van der Waals surface area (Å²) in [5.41, 5.74) is 5.29. The highest BCUT2D eigenvalue weighted by atomic mass is 19.1. The molecule has 1 aliphatic rings. The standard InChI is InChI=1S/C12H16F2N2O/c1-7(11-3-2-4-17-11)16-12-9(13)5-8(15)6-10(12)14/h5-7,11,16H,2-4,15H2,1H3. The molecule has 0 amide bonds. The van der Waals surface area contributed by atoms with Gasteiger partial charge in [0.2, 0.25) is 0 Å². The summed E-state index contributed by atoms with van der Waals surface area (Å²) in [5, 5.41) is 2.82. The molecule has 2 rings (SSSR count). The molecule has 2 unspecified atom stereocenters. The number of anilines is 2. The van der Waals surface area contributed by atoms with E-state index in [2.05, 4.69) is 5.32 Å². The number of benzene rings is 1. The first kappa shape index (κ1) is 12.1. The Kier molecular flexibility index (Phi) is 3.47. The van der Waals surface area contributed by atoms with Crippen LogP contribution < -0.4 is 11.1 Å². The van der Waals surface area contributed by atoms with Crippen molar-refractivity contribution in [1.29, 1.82) is 0 Å². The summed E-state index contributed by atoms with van der Waals surface area (Å²) < 4.78 is 32.5. The van der Waals surface area contributed by atoms with E-state index in [1.807, 2.05) is 6.92 Å². The Balaban J connectivity index is 2.12. The van der Waals surface area contributed by atoms with Crippen LogP contribution in [-0.4, -0.2) is 18.8 Å². The van der Waals surface area contributed by atoms with Gasteiger partial charge in [0.25, 0.3) is 0 Å². The van der Waals surface area contributed by atoms with Crippen molar-refractivity contribution in [3.05, 3.63) is 23.8 Å². The Morgan fingerprint density at radius 3 is 2.59 bits per heavy atom. The second-order valence-electron chi connectivity index (χ2n) is 4.34. The molecule has 5 heteroatoms. The van der Waals surface area contributed by atoms with E-state index in [0.717, 1.165) is 25.0 Å². The van der Waals surface area contributed by atoms with Crippen molar-refractivity contribution < 1.29 is 13.5 Å². The summed E-state index contributed by atoms with van der Waals surface area (Å²) in [5.74, 6) is -1.35. The van der Waals surface area contributed by atoms with Gasteiger partial charge in [-0.2, -0.15) is 0 Å². The number of hydrogen-bond acceptors (Lipinski definition) is 3. The van der Waals surface area contributed by atoms with Gasteiger partial charge in [-0.3, -0.25) is 0 Å². The minimum atomic E-state index is -0.674. The van der Waals surface area contributed by atoms with Gasteiger partial charge >= 0.3 is 0 Å². The largest absolute Gasteiger partial charge is 0.399 e. The number of nitrogen functional groups attached to an aromatic ring is 1. The monoisotopic (exact) mass is 242 g/mol. The first-order valence-electron chi connectivity index (χ1n) is 5.70. The Hall–Kier alpha value is -1.36. The van der Waals surface area contributed by atoms with E-state index in [0.29, 0.717) is 6.61 Å². The molecule has 3 nitrogen and oxygen atoms in total. The summed E-state index contributed by atoms with van der Waals surface area (Å²) in [4.78, 5) is 0. The Bertz CT molecular complexity index is 382. The Morgan fingerprint density at radius 2 is 2.06 bits per heavy atom. The maximum atomic E-state index is 13.5. The van der Waals surface area contributed by atoms with Gasteiger partial charge in [-0.25, -0.2) is 8.78 Å². The van der Waals surface area contributed by atoms with Gasteiger partial charge in [0, 0.05) is 18.3 Å². The highest BCUT2D eigenvalue weighted by molar-refractivity contribution is 5.54. The van der Waals surface area contributed by atoms with Gasteiger partial charge in [0.15, 0.2) is 11.6 Å². The second-order valence-corrected chi connectivity index (χ2v) is 4.34. The quantitative estimate of drug-likeness (QED) is 0.801. The molecule has 1 aromatic rings. The van der Waals surface area contributed by atoms with Gasteiger partial charge in [0.05, 0.1) is 6.10 Å². The van der Waals surface area contributed by atoms with Crippen LogP contribution in [0.5, 0.6) is 0 Å². The van der Waals surface area contributed by atoms with E-state index in [4.69, 9.17) is 10.5 Å². The van der Waals surface area contributed by atoms with Crippen molar-refractivity contribution in [2.24, 2.45) is 0 Å². The van der Waals surface area contributed by atoms with Crippen LogP contribution in [0.15, 0.2) is 12.1 Å². The summed E-state index contributed by atoms with van der Waals surface area (Å²) in [6, 6.07) is 2.08. The highest BCUT2D eigenvalue weighted by Gasteiger charge is 2.24. The van der Waals surface area contributed by atoms with Crippen LogP contribution in [0.2, 0.25) is 0 Å². The zero-order chi connectivity index (χ0) is 12.4. The lowest BCUT2D eigenvalue weighted by Crippen LogP contribution is -2.30. The van der Waals surface area contributed by atoms with Crippen molar-refractivity contribution in [2.75, 3.05) is 17.7 Å². The third-order valence-corrected chi connectivity index (χ3v) is 2.96. The molecule has 17 heavy (non-hydrogen) atoms. The third kappa shape index (κ3) is 2.66. The molecule has 1 aliphatic heterocycles. The fourth-order valence-corrected chi connectivity index (χ4v) is 2.05. The fourth-order valence-electron chi connectivity index (χ4n) is 2.05. The normalized spacial score (nSPS) is 21.5. The first-order valence-corrected chi connectivity index (χ1v) is 5.70. The van der Waals surface area contributed by atoms with Crippen molar-refractivity contribution in [3.8, 4) is 0 Å². The van der Waals surface area contributed by atoms with Crippen molar-refractivity contribution in [3.63, 3.8) is 0 Å². The lowest BCUT2D eigenvalue weighted by molar-refractivity contribution is 0.0995. The molecule has 0 saturated carbocycles. The second kappa shape index (κ2) is 4.87. The van der Waals surface area contributed by atoms with Crippen molar-refractivity contribution in [2.45, 2.75) is 31.9 Å². The Morgan fingerprint density at radius 1 is 1.41 bits per heavy atom. The van der Waals surface area contributed by atoms with Gasteiger partial charge < -0.3 is 15.8 Å². The molecule has 0 spiro atoms. The van der Waals surface area contributed by atoms with E-state index in [-0.39, 0.29) is 23.5 Å². The predicted octanol–water partition coefficient (Wildman–Crippen LogP) is 2.53. The summed E-state index contributed by atoms with van der Waals surface area (Å²) in [7, 11) is 0. The molecule has 1 aromatic carbocycles. The Labute approximate surface area is 98.9 Å². The van der Waals surface area contributed by atoms with Crippen LogP contribution in [0.4, 0.5) is 20.2 Å². The smallest absolute Gasteiger partial charge is 0.151 e. The van der Waals surface area contributed by atoms with Crippen LogP contribution >= 0.6 is 0 Å². The van der Waals surface area contributed by atoms with Crippen LogP contribution in [0.1, 0.15) is 19.8 Å². The van der Waals surface area contributed by atoms with Gasteiger partial charge in [-0.05, 0) is 31.9 Å². The van der Waals surface area contributed by atoms with Crippen molar-refractivity contribution >= 4 is 11.4 Å². The molecule has 1 heterocycles. The maximum absolute atomic E-state index is 13.5. The molecule has 0 aliphatic carbocycles. The van der Waals surface area contributed by atoms with E-state index in [1.54, 1.807) is 0 Å². The molecule has 0 aromatic heterocycles. The minimum Gasteiger partial charge on any atom is -0.399 e. The number of halogens is 2. The van der Waals surface area contributed by atoms with Gasteiger partial charge in [0.1, 0.15) is 5.69 Å². The van der Waals surface area contributed by atoms with E-state index >= 15 is 0 Å². The molecular weight excluding hydrogens is 226 g/mol. The average Bonchev–Trinajstić information content (AvgIpc) is 2.76. The molecule has 1 saturated heterocycles. The molecule has 0 radical (unpaired) electrons. The molecule has 1 fully saturated rings. The maximum Gasteiger partial charge on any atom is 0.151 e. The summed E-state index contributed by atoms with van der Waals surface area (Å²) in [6.07, 6.45) is 1.90. The lowest BCUT2D eigenvalue weighted by Gasteiger charge is -2.21. The lowest BCUT2D eigenvalue weighted by atomic mass is 10.1. The number of rotatable bonds is 3. The zero-order valence-corrected chi connectivity index (χ0v) is 9.67. The van der Waals surface area contributed by atoms with Crippen LogP contribution in [0.3, 0.4) is 0 Å².